The van der Waals surface area contributed by atoms with Gasteiger partial charge in [0.15, 0.2) is 17.4 Å². The van der Waals surface area contributed by atoms with Gasteiger partial charge in [0.25, 0.3) is 0 Å². The van der Waals surface area contributed by atoms with E-state index in [0.29, 0.717) is 46.7 Å². The highest BCUT2D eigenvalue weighted by atomic mass is 19.1. The van der Waals surface area contributed by atoms with Crippen LogP contribution in [0.5, 0.6) is 5.75 Å². The number of rotatable bonds is 3. The highest BCUT2D eigenvalue weighted by Gasteiger charge is 2.39. The van der Waals surface area contributed by atoms with Gasteiger partial charge in [-0.3, -0.25) is 14.8 Å². The summed E-state index contributed by atoms with van der Waals surface area (Å²) in [5.74, 6) is -0.360. The maximum Gasteiger partial charge on any atom is 0.188 e. The van der Waals surface area contributed by atoms with Gasteiger partial charge in [0.05, 0.1) is 18.8 Å². The second kappa shape index (κ2) is 12.3. The molecule has 0 fully saturated rings. The van der Waals surface area contributed by atoms with Crippen LogP contribution in [0.4, 0.5) is 10.2 Å². The van der Waals surface area contributed by atoms with Crippen molar-refractivity contribution in [1.29, 1.82) is 5.26 Å². The number of halogens is 1. The normalized spacial score (nSPS) is 15.7. The van der Waals surface area contributed by atoms with Crippen LogP contribution in [-0.2, 0) is 11.3 Å². The quantitative estimate of drug-likeness (QED) is 0.520. The van der Waals surface area contributed by atoms with Gasteiger partial charge in [-0.25, -0.2) is 14.8 Å². The SMILES string of the molecule is C.CC.COCCN1NC2C(=O)c3cccnc3-c3ccc(F)cc3COc3cc(cnc3N)C2=C1C#N. The van der Waals surface area contributed by atoms with Crippen LogP contribution in [0.15, 0.2) is 54.5 Å². The van der Waals surface area contributed by atoms with E-state index in [-0.39, 0.29) is 37.1 Å². The van der Waals surface area contributed by atoms with Gasteiger partial charge in [0.1, 0.15) is 30.2 Å². The van der Waals surface area contributed by atoms with Crippen molar-refractivity contribution >= 4 is 17.2 Å². The van der Waals surface area contributed by atoms with Crippen molar-refractivity contribution in [3.8, 4) is 23.1 Å². The lowest BCUT2D eigenvalue weighted by molar-refractivity contribution is 0.0920. The Kier molecular flexibility index (Phi) is 9.12. The van der Waals surface area contributed by atoms with Crippen LogP contribution in [0.2, 0.25) is 0 Å². The molecule has 10 heteroatoms. The summed E-state index contributed by atoms with van der Waals surface area (Å²) >= 11 is 0. The number of Topliss-reactive ketones (excluding diaryl/α,β-unsaturated/α-hetero) is 1. The molecule has 0 radical (unpaired) electrons. The molecule has 2 bridgehead atoms. The lowest BCUT2D eigenvalue weighted by Crippen LogP contribution is -2.43. The fraction of sp³-hybridized carbons (Fsp3) is 0.286. The van der Waals surface area contributed by atoms with Gasteiger partial charge in [-0.05, 0) is 36.4 Å². The second-order valence-corrected chi connectivity index (χ2v) is 8.04. The molecule has 2 aliphatic rings. The molecule has 4 heterocycles. The Morgan fingerprint density at radius 3 is 2.79 bits per heavy atom. The van der Waals surface area contributed by atoms with Gasteiger partial charge in [-0.1, -0.05) is 21.3 Å². The topological polar surface area (TPSA) is 126 Å². The molecule has 3 aromatic rings. The first kappa shape index (κ1) is 28.2. The predicted octanol–water partition coefficient (Wildman–Crippen LogP) is 4.37. The number of allylic oxidation sites excluding steroid dienone is 1. The summed E-state index contributed by atoms with van der Waals surface area (Å²) in [5, 5.41) is 11.6. The number of benzene rings is 1. The Labute approximate surface area is 221 Å². The Bertz CT molecular complexity index is 1400. The molecule has 2 aliphatic heterocycles. The molecule has 1 atom stereocenters. The summed E-state index contributed by atoms with van der Waals surface area (Å²) < 4.78 is 25.3. The van der Waals surface area contributed by atoms with Gasteiger partial charge < -0.3 is 15.2 Å². The Hall–Kier alpha value is -4.33. The average Bonchev–Trinajstić information content (AvgIpc) is 3.30. The van der Waals surface area contributed by atoms with Crippen LogP contribution in [0, 0.1) is 17.1 Å². The molecule has 1 unspecified atom stereocenters. The van der Waals surface area contributed by atoms with E-state index in [1.165, 1.54) is 18.3 Å². The Balaban J connectivity index is 0.00000130. The first-order valence-corrected chi connectivity index (χ1v) is 11.9. The van der Waals surface area contributed by atoms with Crippen LogP contribution in [0.1, 0.15) is 42.8 Å². The van der Waals surface area contributed by atoms with Gasteiger partial charge >= 0.3 is 0 Å². The van der Waals surface area contributed by atoms with Crippen molar-refractivity contribution < 1.29 is 18.7 Å². The van der Waals surface area contributed by atoms with Gasteiger partial charge in [-0.15, -0.1) is 0 Å². The summed E-state index contributed by atoms with van der Waals surface area (Å²) in [4.78, 5) is 22.7. The number of hydrogen-bond donors (Lipinski definition) is 2. The lowest BCUT2D eigenvalue weighted by atomic mass is 9.90. The molecule has 0 saturated heterocycles. The lowest BCUT2D eigenvalue weighted by Gasteiger charge is -2.22. The van der Waals surface area contributed by atoms with Gasteiger partial charge in [0.2, 0.25) is 0 Å². The molecule has 2 aromatic heterocycles. The minimum Gasteiger partial charge on any atom is -0.485 e. The third kappa shape index (κ3) is 5.20. The number of ketones is 1. The number of hydrazine groups is 1. The van der Waals surface area contributed by atoms with Crippen molar-refractivity contribution in [3.63, 3.8) is 0 Å². The van der Waals surface area contributed by atoms with Crippen LogP contribution in [0.3, 0.4) is 0 Å². The number of nitrogens with one attached hydrogen (secondary N) is 1. The number of nitrogens with zero attached hydrogens (tertiary/aromatic N) is 4. The van der Waals surface area contributed by atoms with Crippen LogP contribution >= 0.6 is 0 Å². The van der Waals surface area contributed by atoms with E-state index in [9.17, 15) is 14.4 Å². The van der Waals surface area contributed by atoms with Gasteiger partial charge in [0, 0.05) is 47.3 Å². The minimum absolute atomic E-state index is 0. The fourth-order valence-electron chi connectivity index (χ4n) is 4.30. The summed E-state index contributed by atoms with van der Waals surface area (Å²) in [6.45, 7) is 4.64. The summed E-state index contributed by atoms with van der Waals surface area (Å²) in [5.41, 5.74) is 12.2. The smallest absolute Gasteiger partial charge is 0.188 e. The zero-order valence-electron chi connectivity index (χ0n) is 20.8. The van der Waals surface area contributed by atoms with E-state index in [1.807, 2.05) is 13.8 Å². The predicted molar refractivity (Wildman–Crippen MR) is 143 cm³/mol. The zero-order valence-corrected chi connectivity index (χ0v) is 20.8. The molecule has 5 rings (SSSR count). The third-order valence-corrected chi connectivity index (χ3v) is 5.96. The number of aromatic nitrogens is 2. The number of carbonyl (C=O) groups excluding carboxylic acids is 1. The Morgan fingerprint density at radius 2 is 2.05 bits per heavy atom. The van der Waals surface area contributed by atoms with Gasteiger partial charge in [-0.2, -0.15) is 5.26 Å². The molecule has 9 nitrogen and oxygen atoms in total. The van der Waals surface area contributed by atoms with Crippen molar-refractivity contribution in [2.24, 2.45) is 0 Å². The molecule has 198 valence electrons. The molecule has 0 amide bonds. The minimum atomic E-state index is -0.911. The number of nitrogens with two attached hydrogens (primary N) is 1. The molecule has 0 aliphatic carbocycles. The van der Waals surface area contributed by atoms with E-state index in [4.69, 9.17) is 15.2 Å². The molecule has 3 N–H and O–H groups in total. The van der Waals surface area contributed by atoms with E-state index in [1.54, 1.807) is 42.6 Å². The standard InChI is InChI=1S/C25H21FN6O3.C2H6.CH4/c1-34-8-7-32-19(11-27)21-14-10-20(25(28)30-12-14)35-13-15-9-16(26)4-5-17(15)22-18(3-2-6-29-22)24(33)23(21)31-32;1-2;/h2-6,9-10,12,23,31H,7-8,13H2,1H3,(H2,28,30);1-2H3;1H4. The van der Waals surface area contributed by atoms with E-state index < -0.39 is 11.9 Å². The maximum atomic E-state index is 14.2. The monoisotopic (exact) mass is 518 g/mol. The highest BCUT2D eigenvalue weighted by molar-refractivity contribution is 6.12. The number of pyridine rings is 2. The number of carbonyl (C=O) groups is 1. The number of nitrogen functional groups attached to an aromatic ring is 1. The fourth-order valence-corrected chi connectivity index (χ4v) is 4.30. The molecular formula is C28H31FN6O3. The van der Waals surface area contributed by atoms with Crippen LogP contribution in [0.25, 0.3) is 16.8 Å². The number of anilines is 1. The molecular weight excluding hydrogens is 487 g/mol. The number of fused-ring (bicyclic) bond motifs is 7. The zero-order chi connectivity index (χ0) is 26.5. The molecule has 0 spiro atoms. The van der Waals surface area contributed by atoms with E-state index >= 15 is 0 Å². The number of hydrogen-bond acceptors (Lipinski definition) is 9. The first-order chi connectivity index (χ1) is 18.0. The average molecular weight is 519 g/mol. The molecule has 38 heavy (non-hydrogen) atoms. The number of methoxy groups -OCH3 is 1. The Morgan fingerprint density at radius 1 is 1.26 bits per heavy atom. The largest absolute Gasteiger partial charge is 0.485 e. The van der Waals surface area contributed by atoms with Crippen molar-refractivity contribution in [3.05, 3.63) is 77.0 Å². The third-order valence-electron chi connectivity index (χ3n) is 5.96. The van der Waals surface area contributed by atoms with Crippen molar-refractivity contribution in [2.45, 2.75) is 33.9 Å². The number of nitriles is 1. The maximum absolute atomic E-state index is 14.2. The number of ether oxygens (including phenoxy) is 2. The summed E-state index contributed by atoms with van der Waals surface area (Å²) in [6, 6.07) is 10.5. The molecule has 1 aromatic carbocycles. The van der Waals surface area contributed by atoms with Crippen molar-refractivity contribution in [2.75, 3.05) is 26.0 Å². The molecule has 0 saturated carbocycles. The summed E-state index contributed by atoms with van der Waals surface area (Å²) in [6.07, 6.45) is 3.07. The van der Waals surface area contributed by atoms with Crippen LogP contribution in [-0.4, -0.2) is 47.1 Å². The van der Waals surface area contributed by atoms with E-state index in [2.05, 4.69) is 21.5 Å². The summed E-state index contributed by atoms with van der Waals surface area (Å²) in [7, 11) is 1.56. The van der Waals surface area contributed by atoms with Crippen molar-refractivity contribution in [1.82, 2.24) is 20.4 Å². The van der Waals surface area contributed by atoms with Crippen LogP contribution < -0.4 is 15.9 Å². The second-order valence-electron chi connectivity index (χ2n) is 8.04. The first-order valence-electron chi connectivity index (χ1n) is 11.9. The van der Waals surface area contributed by atoms with E-state index in [0.717, 1.165) is 0 Å². The highest BCUT2D eigenvalue weighted by Crippen LogP contribution is 2.37.